The quantitative estimate of drug-likeness (QED) is 0.707. The molecular formula is C16H15N5O3. The van der Waals surface area contributed by atoms with Crippen LogP contribution in [-0.2, 0) is 11.3 Å². The first-order chi connectivity index (χ1) is 11.6. The van der Waals surface area contributed by atoms with Crippen molar-refractivity contribution in [1.29, 1.82) is 0 Å². The molecule has 3 rings (SSSR count). The molecule has 0 aliphatic rings. The van der Waals surface area contributed by atoms with E-state index in [1.165, 1.54) is 18.0 Å². The van der Waals surface area contributed by atoms with Crippen molar-refractivity contribution in [3.05, 3.63) is 54.0 Å². The summed E-state index contributed by atoms with van der Waals surface area (Å²) < 4.78 is 5.80. The number of fused-ring (bicyclic) bond motifs is 1. The van der Waals surface area contributed by atoms with Crippen molar-refractivity contribution in [1.82, 2.24) is 20.1 Å². The van der Waals surface area contributed by atoms with Crippen LogP contribution in [0.1, 0.15) is 16.1 Å². The summed E-state index contributed by atoms with van der Waals surface area (Å²) in [5, 5.41) is 7.43. The smallest absolute Gasteiger partial charge is 0.407 e. The molecule has 8 heteroatoms. The van der Waals surface area contributed by atoms with Gasteiger partial charge in [-0.15, -0.1) is 0 Å². The van der Waals surface area contributed by atoms with Gasteiger partial charge in [-0.2, -0.15) is 9.78 Å². The van der Waals surface area contributed by atoms with Crippen molar-refractivity contribution in [3.63, 3.8) is 0 Å². The predicted octanol–water partition coefficient (Wildman–Crippen LogP) is 1.56. The van der Waals surface area contributed by atoms with Crippen LogP contribution in [0.2, 0.25) is 0 Å². The number of hydrogen-bond acceptors (Lipinski definition) is 6. The zero-order chi connectivity index (χ0) is 17.1. The van der Waals surface area contributed by atoms with Crippen LogP contribution in [0, 0.1) is 0 Å². The molecular weight excluding hydrogens is 310 g/mol. The van der Waals surface area contributed by atoms with E-state index < -0.39 is 6.09 Å². The van der Waals surface area contributed by atoms with Gasteiger partial charge in [0, 0.05) is 22.8 Å². The molecule has 0 bridgehead atoms. The molecule has 0 unspecified atom stereocenters. The second-order valence-electron chi connectivity index (χ2n) is 5.06. The molecule has 0 saturated carbocycles. The van der Waals surface area contributed by atoms with E-state index in [2.05, 4.69) is 20.1 Å². The van der Waals surface area contributed by atoms with Crippen LogP contribution in [-0.4, -0.2) is 33.9 Å². The number of aromatic nitrogens is 3. The first kappa shape index (κ1) is 15.5. The molecule has 0 atom stereocenters. The van der Waals surface area contributed by atoms with Gasteiger partial charge in [0.15, 0.2) is 0 Å². The molecule has 0 fully saturated rings. The highest BCUT2D eigenvalue weighted by atomic mass is 16.5. The number of nitrogens with one attached hydrogen (secondary N) is 1. The molecule has 1 aromatic carbocycles. The molecule has 0 radical (unpaired) electrons. The average Bonchev–Trinajstić information content (AvgIpc) is 3.02. The Morgan fingerprint density at radius 2 is 2.12 bits per heavy atom. The number of hydrogen-bond donors (Lipinski definition) is 2. The third-order valence-corrected chi connectivity index (χ3v) is 3.45. The normalized spacial score (nSPS) is 10.5. The Bertz CT molecular complexity index is 919. The lowest BCUT2D eigenvalue weighted by Gasteiger charge is -2.06. The molecule has 0 aliphatic heterocycles. The number of carbonyl (C=O) groups excluding carboxylic acids is 2. The van der Waals surface area contributed by atoms with E-state index in [4.69, 9.17) is 5.73 Å². The highest BCUT2D eigenvalue weighted by Gasteiger charge is 2.14. The van der Waals surface area contributed by atoms with E-state index in [0.29, 0.717) is 22.5 Å². The standard InChI is InChI=1S/C16H15N5O3/c1-24-16(23)19-9-13-7-10(4-5-18-13)15(22)21-14-3-2-12(17)6-11(14)8-20-21/h2-8H,9,17H2,1H3,(H,19,23). The molecule has 122 valence electrons. The molecule has 0 spiro atoms. The van der Waals surface area contributed by atoms with Gasteiger partial charge < -0.3 is 15.8 Å². The Morgan fingerprint density at radius 1 is 1.29 bits per heavy atom. The van der Waals surface area contributed by atoms with Gasteiger partial charge in [-0.3, -0.25) is 9.78 Å². The van der Waals surface area contributed by atoms with Gasteiger partial charge in [-0.25, -0.2) is 4.79 Å². The fourth-order valence-corrected chi connectivity index (χ4v) is 2.28. The number of pyridine rings is 1. The number of ether oxygens (including phenoxy) is 1. The van der Waals surface area contributed by atoms with Crippen LogP contribution in [0.5, 0.6) is 0 Å². The van der Waals surface area contributed by atoms with Crippen LogP contribution in [0.15, 0.2) is 42.7 Å². The number of alkyl carbamates (subject to hydrolysis) is 1. The summed E-state index contributed by atoms with van der Waals surface area (Å²) in [6.07, 6.45) is 2.53. The minimum absolute atomic E-state index is 0.157. The summed E-state index contributed by atoms with van der Waals surface area (Å²) in [6.45, 7) is 0.157. The number of nitrogen functional groups attached to an aromatic ring is 1. The summed E-state index contributed by atoms with van der Waals surface area (Å²) in [4.78, 5) is 27.9. The molecule has 2 aromatic heterocycles. The van der Waals surface area contributed by atoms with Gasteiger partial charge in [0.1, 0.15) is 0 Å². The van der Waals surface area contributed by atoms with Crippen LogP contribution in [0.25, 0.3) is 10.9 Å². The van der Waals surface area contributed by atoms with Crippen molar-refractivity contribution in [2.75, 3.05) is 12.8 Å². The van der Waals surface area contributed by atoms with Gasteiger partial charge in [-0.05, 0) is 30.3 Å². The lowest BCUT2D eigenvalue weighted by atomic mass is 10.2. The largest absolute Gasteiger partial charge is 0.453 e. The minimum Gasteiger partial charge on any atom is -0.453 e. The molecule has 0 aliphatic carbocycles. The number of nitrogens with two attached hydrogens (primary N) is 1. The van der Waals surface area contributed by atoms with Crippen molar-refractivity contribution in [2.45, 2.75) is 6.54 Å². The third kappa shape index (κ3) is 3.02. The SMILES string of the molecule is COC(=O)NCc1cc(C(=O)n2ncc3cc(N)ccc32)ccn1. The number of methoxy groups -OCH3 is 1. The summed E-state index contributed by atoms with van der Waals surface area (Å²) >= 11 is 0. The fraction of sp³-hybridized carbons (Fsp3) is 0.125. The Balaban J connectivity index is 1.87. The van der Waals surface area contributed by atoms with Gasteiger partial charge >= 0.3 is 6.09 Å². The monoisotopic (exact) mass is 325 g/mol. The summed E-state index contributed by atoms with van der Waals surface area (Å²) in [5.41, 5.74) is 7.95. The van der Waals surface area contributed by atoms with Crippen molar-refractivity contribution >= 4 is 28.6 Å². The van der Waals surface area contributed by atoms with Crippen molar-refractivity contribution in [2.24, 2.45) is 0 Å². The van der Waals surface area contributed by atoms with Crippen LogP contribution in [0.4, 0.5) is 10.5 Å². The van der Waals surface area contributed by atoms with Gasteiger partial charge in [0.05, 0.1) is 31.1 Å². The van der Waals surface area contributed by atoms with Gasteiger partial charge in [-0.1, -0.05) is 0 Å². The molecule has 3 N–H and O–H groups in total. The van der Waals surface area contributed by atoms with E-state index in [9.17, 15) is 9.59 Å². The highest BCUT2D eigenvalue weighted by molar-refractivity contribution is 6.01. The van der Waals surface area contributed by atoms with Crippen LogP contribution < -0.4 is 11.1 Å². The second-order valence-corrected chi connectivity index (χ2v) is 5.06. The maximum atomic E-state index is 12.7. The minimum atomic E-state index is -0.566. The van der Waals surface area contributed by atoms with Crippen LogP contribution >= 0.6 is 0 Å². The molecule has 24 heavy (non-hydrogen) atoms. The van der Waals surface area contributed by atoms with E-state index in [-0.39, 0.29) is 12.5 Å². The molecule has 0 saturated heterocycles. The first-order valence-corrected chi connectivity index (χ1v) is 7.13. The van der Waals surface area contributed by atoms with E-state index in [1.54, 1.807) is 36.5 Å². The third-order valence-electron chi connectivity index (χ3n) is 3.45. The lowest BCUT2D eigenvalue weighted by Crippen LogP contribution is -2.23. The fourth-order valence-electron chi connectivity index (χ4n) is 2.28. The van der Waals surface area contributed by atoms with Crippen molar-refractivity contribution in [3.8, 4) is 0 Å². The number of anilines is 1. The predicted molar refractivity (Wildman–Crippen MR) is 87.4 cm³/mol. The lowest BCUT2D eigenvalue weighted by molar-refractivity contribution is 0.0950. The molecule has 2 heterocycles. The Kier molecular flexibility index (Phi) is 4.11. The number of benzene rings is 1. The average molecular weight is 325 g/mol. The van der Waals surface area contributed by atoms with Gasteiger partial charge in [0.25, 0.3) is 5.91 Å². The van der Waals surface area contributed by atoms with E-state index in [1.807, 2.05) is 0 Å². The maximum Gasteiger partial charge on any atom is 0.407 e. The Labute approximate surface area is 137 Å². The number of amides is 1. The highest BCUT2D eigenvalue weighted by Crippen LogP contribution is 2.18. The van der Waals surface area contributed by atoms with Crippen molar-refractivity contribution < 1.29 is 14.3 Å². The molecule has 8 nitrogen and oxygen atoms in total. The van der Waals surface area contributed by atoms with Gasteiger partial charge in [0.2, 0.25) is 0 Å². The number of nitrogens with zero attached hydrogens (tertiary/aromatic N) is 3. The Hall–Kier alpha value is -3.42. The number of carbonyl (C=O) groups is 2. The maximum absolute atomic E-state index is 12.7. The number of rotatable bonds is 3. The topological polar surface area (TPSA) is 112 Å². The summed E-state index contributed by atoms with van der Waals surface area (Å²) in [7, 11) is 1.28. The zero-order valence-corrected chi connectivity index (χ0v) is 12.9. The molecule has 3 aromatic rings. The Morgan fingerprint density at radius 3 is 2.92 bits per heavy atom. The van der Waals surface area contributed by atoms with E-state index in [0.717, 1.165) is 5.39 Å². The first-order valence-electron chi connectivity index (χ1n) is 7.13. The summed E-state index contributed by atoms with van der Waals surface area (Å²) in [6, 6.07) is 8.41. The zero-order valence-electron chi connectivity index (χ0n) is 12.9. The van der Waals surface area contributed by atoms with Crippen LogP contribution in [0.3, 0.4) is 0 Å². The summed E-state index contributed by atoms with van der Waals surface area (Å²) in [5.74, 6) is -0.295. The van der Waals surface area contributed by atoms with E-state index >= 15 is 0 Å². The second kappa shape index (κ2) is 6.37. The molecule has 1 amide bonds.